The summed E-state index contributed by atoms with van der Waals surface area (Å²) in [6, 6.07) is 0. The summed E-state index contributed by atoms with van der Waals surface area (Å²) < 4.78 is 0. The van der Waals surface area contributed by atoms with Crippen molar-refractivity contribution in [2.45, 2.75) is 38.5 Å². The quantitative estimate of drug-likeness (QED) is 0.485. The van der Waals surface area contributed by atoms with Gasteiger partial charge < -0.3 is 11.1 Å². The van der Waals surface area contributed by atoms with E-state index in [0.29, 0.717) is 30.6 Å². The average Bonchev–Trinajstić information content (AvgIpc) is 2.47. The van der Waals surface area contributed by atoms with Gasteiger partial charge in [0.2, 0.25) is 5.91 Å². The van der Waals surface area contributed by atoms with E-state index in [1.807, 2.05) is 0 Å². The van der Waals surface area contributed by atoms with Gasteiger partial charge in [-0.05, 0) is 24.8 Å². The molecule has 0 aromatic carbocycles. The van der Waals surface area contributed by atoms with Crippen molar-refractivity contribution >= 4 is 39.4 Å². The van der Waals surface area contributed by atoms with Crippen LogP contribution in [0, 0.1) is 5.41 Å². The predicted molar refractivity (Wildman–Crippen MR) is 88.3 cm³/mol. The zero-order chi connectivity index (χ0) is 14.8. The monoisotopic (exact) mass is 364 g/mol. The van der Waals surface area contributed by atoms with Gasteiger partial charge in [0.25, 0.3) is 0 Å². The standard InChI is InChI=1S/C14H25BrN2O2S/c15-9-12(18)10-20-7-6-17-13(19)8-14(11-16)4-2-1-3-5-14/h1-11,16H2,(H,17,19). The zero-order valence-electron chi connectivity index (χ0n) is 12.0. The molecule has 1 saturated carbocycles. The summed E-state index contributed by atoms with van der Waals surface area (Å²) in [4.78, 5) is 23.1. The smallest absolute Gasteiger partial charge is 0.220 e. The van der Waals surface area contributed by atoms with Crippen molar-refractivity contribution in [3.05, 3.63) is 0 Å². The van der Waals surface area contributed by atoms with Crippen LogP contribution in [0.2, 0.25) is 0 Å². The molecule has 0 bridgehead atoms. The Hall–Kier alpha value is -0.0700. The summed E-state index contributed by atoms with van der Waals surface area (Å²) in [5, 5.41) is 3.35. The number of halogens is 1. The molecule has 6 heteroatoms. The minimum atomic E-state index is 0.0292. The Kier molecular flexibility index (Phi) is 8.80. The van der Waals surface area contributed by atoms with Gasteiger partial charge in [-0.2, -0.15) is 11.8 Å². The second-order valence-corrected chi connectivity index (χ2v) is 7.18. The van der Waals surface area contributed by atoms with E-state index in [0.717, 1.165) is 18.6 Å². The lowest BCUT2D eigenvalue weighted by molar-refractivity contribution is -0.123. The fraction of sp³-hybridized carbons (Fsp3) is 0.857. The fourth-order valence-electron chi connectivity index (χ4n) is 2.65. The molecule has 0 aromatic heterocycles. The highest BCUT2D eigenvalue weighted by atomic mass is 79.9. The van der Waals surface area contributed by atoms with Crippen LogP contribution in [0.5, 0.6) is 0 Å². The Morgan fingerprint density at radius 2 is 1.95 bits per heavy atom. The molecule has 0 aliphatic heterocycles. The number of alkyl halides is 1. The van der Waals surface area contributed by atoms with Gasteiger partial charge in [0.05, 0.1) is 11.1 Å². The largest absolute Gasteiger partial charge is 0.355 e. The zero-order valence-corrected chi connectivity index (χ0v) is 14.4. The lowest BCUT2D eigenvalue weighted by Gasteiger charge is -2.35. The van der Waals surface area contributed by atoms with Gasteiger partial charge >= 0.3 is 0 Å². The molecule has 0 unspecified atom stereocenters. The number of amides is 1. The van der Waals surface area contributed by atoms with Crippen LogP contribution in [0.25, 0.3) is 0 Å². The summed E-state index contributed by atoms with van der Waals surface area (Å²) in [5.41, 5.74) is 5.91. The van der Waals surface area contributed by atoms with Gasteiger partial charge in [-0.1, -0.05) is 35.2 Å². The van der Waals surface area contributed by atoms with E-state index in [2.05, 4.69) is 21.2 Å². The highest BCUT2D eigenvalue weighted by molar-refractivity contribution is 9.09. The third-order valence-electron chi connectivity index (χ3n) is 3.86. The first kappa shape index (κ1) is 18.0. The first-order valence-corrected chi connectivity index (χ1v) is 9.52. The van der Waals surface area contributed by atoms with Crippen molar-refractivity contribution in [2.24, 2.45) is 11.1 Å². The molecule has 1 aliphatic rings. The summed E-state index contributed by atoms with van der Waals surface area (Å²) in [7, 11) is 0. The Labute approximate surface area is 134 Å². The molecule has 1 fully saturated rings. The van der Waals surface area contributed by atoms with Gasteiger partial charge in [-0.15, -0.1) is 0 Å². The Morgan fingerprint density at radius 3 is 2.55 bits per heavy atom. The van der Waals surface area contributed by atoms with Crippen LogP contribution in [0.3, 0.4) is 0 Å². The number of nitrogens with one attached hydrogen (secondary N) is 1. The number of carbonyl (C=O) groups is 2. The molecule has 4 nitrogen and oxygen atoms in total. The number of ketones is 1. The summed E-state index contributed by atoms with van der Waals surface area (Å²) in [5.74, 6) is 1.57. The number of carbonyl (C=O) groups excluding carboxylic acids is 2. The normalized spacial score (nSPS) is 17.7. The van der Waals surface area contributed by atoms with Crippen LogP contribution >= 0.6 is 27.7 Å². The molecule has 0 spiro atoms. The van der Waals surface area contributed by atoms with Crippen molar-refractivity contribution in [1.29, 1.82) is 0 Å². The lowest BCUT2D eigenvalue weighted by atomic mass is 9.72. The molecule has 0 saturated heterocycles. The number of nitrogens with two attached hydrogens (primary N) is 1. The minimum Gasteiger partial charge on any atom is -0.355 e. The number of thioether (sulfide) groups is 1. The van der Waals surface area contributed by atoms with E-state index < -0.39 is 0 Å². The Morgan fingerprint density at radius 1 is 1.25 bits per heavy atom. The molecular formula is C14H25BrN2O2S. The molecule has 0 heterocycles. The van der Waals surface area contributed by atoms with E-state index in [9.17, 15) is 9.59 Å². The number of hydrogen-bond acceptors (Lipinski definition) is 4. The SMILES string of the molecule is NCC1(CC(=O)NCCSCC(=O)CBr)CCCCC1. The van der Waals surface area contributed by atoms with Crippen molar-refractivity contribution in [3.8, 4) is 0 Å². The molecule has 20 heavy (non-hydrogen) atoms. The highest BCUT2D eigenvalue weighted by Crippen LogP contribution is 2.38. The molecule has 0 atom stereocenters. The van der Waals surface area contributed by atoms with Crippen LogP contribution in [-0.4, -0.2) is 41.6 Å². The maximum absolute atomic E-state index is 12.0. The maximum Gasteiger partial charge on any atom is 0.220 e. The van der Waals surface area contributed by atoms with Gasteiger partial charge in [0, 0.05) is 18.7 Å². The van der Waals surface area contributed by atoms with E-state index in [-0.39, 0.29) is 17.1 Å². The van der Waals surface area contributed by atoms with Crippen molar-refractivity contribution in [1.82, 2.24) is 5.32 Å². The molecule has 116 valence electrons. The topological polar surface area (TPSA) is 72.2 Å². The van der Waals surface area contributed by atoms with Gasteiger partial charge in [-0.3, -0.25) is 9.59 Å². The molecular weight excluding hydrogens is 340 g/mol. The van der Waals surface area contributed by atoms with Crippen molar-refractivity contribution in [3.63, 3.8) is 0 Å². The van der Waals surface area contributed by atoms with E-state index in [4.69, 9.17) is 5.73 Å². The predicted octanol–water partition coefficient (Wildman–Crippen LogP) is 2.10. The molecule has 0 radical (unpaired) electrons. The first-order chi connectivity index (χ1) is 9.62. The fourth-order valence-corrected chi connectivity index (χ4v) is 3.83. The molecule has 1 amide bonds. The van der Waals surface area contributed by atoms with Gasteiger partial charge in [0.15, 0.2) is 5.78 Å². The third kappa shape index (κ3) is 6.59. The highest BCUT2D eigenvalue weighted by Gasteiger charge is 2.32. The molecule has 1 aliphatic carbocycles. The third-order valence-corrected chi connectivity index (χ3v) is 5.51. The van der Waals surface area contributed by atoms with Gasteiger partial charge in [0.1, 0.15) is 0 Å². The first-order valence-electron chi connectivity index (χ1n) is 7.24. The van der Waals surface area contributed by atoms with E-state index in [1.54, 1.807) is 11.8 Å². The second-order valence-electron chi connectivity index (χ2n) is 5.52. The molecule has 0 aromatic rings. The van der Waals surface area contributed by atoms with E-state index >= 15 is 0 Å². The number of hydrogen-bond donors (Lipinski definition) is 2. The lowest BCUT2D eigenvalue weighted by Crippen LogP contribution is -2.39. The average molecular weight is 365 g/mol. The van der Waals surface area contributed by atoms with Gasteiger partial charge in [-0.25, -0.2) is 0 Å². The maximum atomic E-state index is 12.0. The molecule has 1 rings (SSSR count). The van der Waals surface area contributed by atoms with E-state index in [1.165, 1.54) is 19.3 Å². The minimum absolute atomic E-state index is 0.0292. The summed E-state index contributed by atoms with van der Waals surface area (Å²) >= 11 is 4.69. The summed E-state index contributed by atoms with van der Waals surface area (Å²) in [6.45, 7) is 1.23. The Balaban J connectivity index is 2.17. The second kappa shape index (κ2) is 9.79. The van der Waals surface area contributed by atoms with Crippen LogP contribution in [0.15, 0.2) is 0 Å². The van der Waals surface area contributed by atoms with Crippen LogP contribution < -0.4 is 11.1 Å². The van der Waals surface area contributed by atoms with Crippen molar-refractivity contribution < 1.29 is 9.59 Å². The Bertz CT molecular complexity index is 320. The van der Waals surface area contributed by atoms with Crippen LogP contribution in [0.1, 0.15) is 38.5 Å². The van der Waals surface area contributed by atoms with Crippen molar-refractivity contribution in [2.75, 3.05) is 29.9 Å². The van der Waals surface area contributed by atoms with Crippen LogP contribution in [-0.2, 0) is 9.59 Å². The number of rotatable bonds is 9. The summed E-state index contributed by atoms with van der Waals surface area (Å²) in [6.07, 6.45) is 6.34. The van der Waals surface area contributed by atoms with Crippen LogP contribution in [0.4, 0.5) is 0 Å². The molecule has 3 N–H and O–H groups in total. The number of Topliss-reactive ketones (excluding diaryl/α,β-unsaturated/α-hetero) is 1.